The van der Waals surface area contributed by atoms with Crippen LogP contribution in [-0.4, -0.2) is 6.61 Å². The van der Waals surface area contributed by atoms with Gasteiger partial charge in [-0.25, -0.2) is 0 Å². The molecule has 0 spiro atoms. The largest absolute Gasteiger partial charge is 0.366 e. The molecule has 1 heteroatoms. The Morgan fingerprint density at radius 1 is 1.27 bits per heavy atom. The zero-order valence-electron chi connectivity index (χ0n) is 8.86. The zero-order valence-corrected chi connectivity index (χ0v) is 8.86. The molecule has 0 bridgehead atoms. The van der Waals surface area contributed by atoms with E-state index in [1.54, 1.807) is 0 Å². The van der Waals surface area contributed by atoms with Crippen molar-refractivity contribution in [3.8, 4) is 0 Å². The van der Waals surface area contributed by atoms with E-state index in [1.165, 1.54) is 5.56 Å². The van der Waals surface area contributed by atoms with Gasteiger partial charge in [0.25, 0.3) is 0 Å². The summed E-state index contributed by atoms with van der Waals surface area (Å²) in [7, 11) is 0. The number of benzene rings is 1. The van der Waals surface area contributed by atoms with Gasteiger partial charge in [-0.3, -0.25) is 0 Å². The third-order valence-electron chi connectivity index (χ3n) is 2.84. The molecule has 1 atom stereocenters. The molecule has 1 heterocycles. The lowest BCUT2D eigenvalue weighted by atomic mass is 9.86. The summed E-state index contributed by atoms with van der Waals surface area (Å²) in [5, 5.41) is 0. The van der Waals surface area contributed by atoms with Crippen molar-refractivity contribution < 1.29 is 4.74 Å². The molecule has 1 aromatic carbocycles. The molecule has 0 saturated heterocycles. The van der Waals surface area contributed by atoms with E-state index in [0.29, 0.717) is 6.61 Å². The highest BCUT2D eigenvalue weighted by Crippen LogP contribution is 2.35. The average Bonchev–Trinajstić information content (AvgIpc) is 2.32. The zero-order chi connectivity index (χ0) is 10.6. The van der Waals surface area contributed by atoms with Gasteiger partial charge in [-0.15, -0.1) is 6.58 Å². The average molecular weight is 200 g/mol. The third-order valence-corrected chi connectivity index (χ3v) is 2.84. The van der Waals surface area contributed by atoms with Crippen molar-refractivity contribution in [2.45, 2.75) is 18.4 Å². The van der Waals surface area contributed by atoms with Gasteiger partial charge >= 0.3 is 0 Å². The van der Waals surface area contributed by atoms with Crippen LogP contribution >= 0.6 is 0 Å². The summed E-state index contributed by atoms with van der Waals surface area (Å²) < 4.78 is 5.93. The van der Waals surface area contributed by atoms with Gasteiger partial charge in [-0.05, 0) is 18.4 Å². The summed E-state index contributed by atoms with van der Waals surface area (Å²) in [5.41, 5.74) is 1.06. The maximum atomic E-state index is 5.93. The van der Waals surface area contributed by atoms with Crippen LogP contribution in [0, 0.1) is 0 Å². The first kappa shape index (κ1) is 10.2. The van der Waals surface area contributed by atoms with E-state index in [-0.39, 0.29) is 5.60 Å². The molecule has 0 N–H and O–H groups in total. The second-order valence-corrected chi connectivity index (χ2v) is 3.84. The van der Waals surface area contributed by atoms with Gasteiger partial charge in [0.15, 0.2) is 0 Å². The molecule has 0 fully saturated rings. The van der Waals surface area contributed by atoms with Gasteiger partial charge in [0, 0.05) is 0 Å². The Morgan fingerprint density at radius 3 is 2.67 bits per heavy atom. The molecule has 0 saturated carbocycles. The maximum Gasteiger partial charge on any atom is 0.100 e. The summed E-state index contributed by atoms with van der Waals surface area (Å²) in [6.45, 7) is 4.52. The highest BCUT2D eigenvalue weighted by atomic mass is 16.5. The Hall–Kier alpha value is -1.34. The van der Waals surface area contributed by atoms with E-state index in [0.717, 1.165) is 12.8 Å². The lowest BCUT2D eigenvalue weighted by Crippen LogP contribution is -2.31. The van der Waals surface area contributed by atoms with E-state index in [2.05, 4.69) is 43.0 Å². The van der Waals surface area contributed by atoms with Crippen molar-refractivity contribution in [1.29, 1.82) is 0 Å². The van der Waals surface area contributed by atoms with E-state index in [1.807, 2.05) is 12.1 Å². The Balaban J connectivity index is 2.34. The van der Waals surface area contributed by atoms with Gasteiger partial charge in [-0.1, -0.05) is 48.6 Å². The van der Waals surface area contributed by atoms with Crippen molar-refractivity contribution in [3.63, 3.8) is 0 Å². The van der Waals surface area contributed by atoms with Crippen molar-refractivity contribution in [1.82, 2.24) is 0 Å². The van der Waals surface area contributed by atoms with Gasteiger partial charge < -0.3 is 4.74 Å². The van der Waals surface area contributed by atoms with Crippen LogP contribution < -0.4 is 0 Å². The van der Waals surface area contributed by atoms with Crippen LogP contribution in [0.4, 0.5) is 0 Å². The molecular weight excluding hydrogens is 184 g/mol. The number of hydrogen-bond acceptors (Lipinski definition) is 1. The van der Waals surface area contributed by atoms with Crippen LogP contribution in [0.5, 0.6) is 0 Å². The number of ether oxygens (including phenoxy) is 1. The summed E-state index contributed by atoms with van der Waals surface area (Å²) in [4.78, 5) is 0. The molecule has 0 aliphatic carbocycles. The molecule has 1 aromatic rings. The molecule has 2 rings (SSSR count). The molecule has 0 radical (unpaired) electrons. The predicted octanol–water partition coefficient (Wildman–Crippen LogP) is 3.43. The molecule has 0 unspecified atom stereocenters. The fraction of sp³-hybridized carbons (Fsp3) is 0.286. The molecule has 1 nitrogen and oxygen atoms in total. The normalized spacial score (nSPS) is 25.1. The molecule has 1 aliphatic heterocycles. The molecule has 0 aromatic heterocycles. The van der Waals surface area contributed by atoms with Crippen molar-refractivity contribution in [2.75, 3.05) is 6.61 Å². The van der Waals surface area contributed by atoms with Crippen LogP contribution in [0.1, 0.15) is 18.4 Å². The van der Waals surface area contributed by atoms with Crippen LogP contribution in [0.15, 0.2) is 55.1 Å². The van der Waals surface area contributed by atoms with E-state index < -0.39 is 0 Å². The smallest absolute Gasteiger partial charge is 0.100 e. The standard InChI is InChI=1S/C14H16O/c1-2-10-14(11-6-7-12-15-14)13-8-4-3-5-9-13/h2-9H,1,10-12H2/t14-/m0/s1. The fourth-order valence-electron chi connectivity index (χ4n) is 2.04. The quantitative estimate of drug-likeness (QED) is 0.679. The highest BCUT2D eigenvalue weighted by molar-refractivity contribution is 5.25. The second-order valence-electron chi connectivity index (χ2n) is 3.84. The highest BCUT2D eigenvalue weighted by Gasteiger charge is 2.31. The molecule has 0 amide bonds. The minimum atomic E-state index is -0.183. The first-order valence-corrected chi connectivity index (χ1v) is 5.33. The third kappa shape index (κ3) is 2.02. The first-order valence-electron chi connectivity index (χ1n) is 5.33. The fourth-order valence-corrected chi connectivity index (χ4v) is 2.04. The van der Waals surface area contributed by atoms with Crippen LogP contribution in [0.2, 0.25) is 0 Å². The van der Waals surface area contributed by atoms with Crippen LogP contribution in [0.25, 0.3) is 0 Å². The monoisotopic (exact) mass is 200 g/mol. The van der Waals surface area contributed by atoms with Crippen molar-refractivity contribution in [3.05, 3.63) is 60.7 Å². The van der Waals surface area contributed by atoms with Gasteiger partial charge in [-0.2, -0.15) is 0 Å². The molecule has 1 aliphatic rings. The summed E-state index contributed by atoms with van der Waals surface area (Å²) in [5.74, 6) is 0. The minimum Gasteiger partial charge on any atom is -0.366 e. The molecule has 78 valence electrons. The van der Waals surface area contributed by atoms with E-state index in [4.69, 9.17) is 4.74 Å². The SMILES string of the molecule is C=CC[C@@]1(c2ccccc2)CC=CCO1. The maximum absolute atomic E-state index is 5.93. The summed E-state index contributed by atoms with van der Waals surface area (Å²) >= 11 is 0. The van der Waals surface area contributed by atoms with Crippen LogP contribution in [-0.2, 0) is 10.3 Å². The lowest BCUT2D eigenvalue weighted by molar-refractivity contribution is -0.0393. The van der Waals surface area contributed by atoms with Crippen LogP contribution in [0.3, 0.4) is 0 Å². The minimum absolute atomic E-state index is 0.183. The van der Waals surface area contributed by atoms with Gasteiger partial charge in [0.05, 0.1) is 6.61 Å². The van der Waals surface area contributed by atoms with Gasteiger partial charge in [0.1, 0.15) is 5.60 Å². The number of hydrogen-bond donors (Lipinski definition) is 0. The Bertz CT molecular complexity index is 353. The Kier molecular flexibility index (Phi) is 3.02. The van der Waals surface area contributed by atoms with E-state index >= 15 is 0 Å². The molecule has 15 heavy (non-hydrogen) atoms. The Morgan fingerprint density at radius 2 is 2.07 bits per heavy atom. The summed E-state index contributed by atoms with van der Waals surface area (Å²) in [6.07, 6.45) is 8.00. The first-order chi connectivity index (χ1) is 7.37. The second kappa shape index (κ2) is 4.45. The molecular formula is C14H16O. The predicted molar refractivity (Wildman–Crippen MR) is 62.6 cm³/mol. The van der Waals surface area contributed by atoms with E-state index in [9.17, 15) is 0 Å². The Labute approximate surface area is 91.1 Å². The van der Waals surface area contributed by atoms with Gasteiger partial charge in [0.2, 0.25) is 0 Å². The lowest BCUT2D eigenvalue weighted by Gasteiger charge is -2.34. The summed E-state index contributed by atoms with van der Waals surface area (Å²) in [6, 6.07) is 10.4. The van der Waals surface area contributed by atoms with Crippen molar-refractivity contribution >= 4 is 0 Å². The topological polar surface area (TPSA) is 9.23 Å². The number of rotatable bonds is 3. The van der Waals surface area contributed by atoms with Crippen molar-refractivity contribution in [2.24, 2.45) is 0 Å².